The third-order valence-corrected chi connectivity index (χ3v) is 5.39. The second-order valence-electron chi connectivity index (χ2n) is 6.91. The lowest BCUT2D eigenvalue weighted by Gasteiger charge is -2.14. The van der Waals surface area contributed by atoms with Gasteiger partial charge in [-0.1, -0.05) is 29.3 Å². The second-order valence-corrected chi connectivity index (χ2v) is 8.19. The molecule has 4 aromatic rings. The Labute approximate surface area is 199 Å². The van der Waals surface area contributed by atoms with Crippen molar-refractivity contribution in [2.45, 2.75) is 6.92 Å². The van der Waals surface area contributed by atoms with Crippen LogP contribution in [0.1, 0.15) is 15.9 Å². The first kappa shape index (κ1) is 22.1. The molecule has 0 radical (unpaired) electrons. The van der Waals surface area contributed by atoms with Crippen molar-refractivity contribution in [2.24, 2.45) is 0 Å². The Morgan fingerprint density at radius 2 is 1.81 bits per heavy atom. The number of benzene rings is 3. The molecule has 0 saturated heterocycles. The van der Waals surface area contributed by atoms with Crippen molar-refractivity contribution >= 4 is 63.2 Å². The van der Waals surface area contributed by atoms with Gasteiger partial charge in [-0.2, -0.15) is 0 Å². The number of amides is 1. The predicted octanol–water partition coefficient (Wildman–Crippen LogP) is 6.25. The number of rotatable bonds is 4. The van der Waals surface area contributed by atoms with Gasteiger partial charge in [-0.3, -0.25) is 10.1 Å². The Bertz CT molecular complexity index is 1350. The van der Waals surface area contributed by atoms with E-state index in [2.05, 4.69) is 15.6 Å². The van der Waals surface area contributed by atoms with Crippen LogP contribution < -0.4 is 15.4 Å². The summed E-state index contributed by atoms with van der Waals surface area (Å²) in [7, 11) is 1.48. The zero-order valence-electron chi connectivity index (χ0n) is 17.0. The fraction of sp³-hybridized carbons (Fsp3) is 0.0870. The minimum absolute atomic E-state index is 0.127. The van der Waals surface area contributed by atoms with Crippen molar-refractivity contribution in [3.63, 3.8) is 0 Å². The smallest absolute Gasteiger partial charge is 0.261 e. The van der Waals surface area contributed by atoms with E-state index in [1.807, 2.05) is 25.1 Å². The van der Waals surface area contributed by atoms with Gasteiger partial charge in [0.2, 0.25) is 5.89 Å². The molecule has 0 bridgehead atoms. The van der Waals surface area contributed by atoms with Crippen LogP contribution in [0.15, 0.2) is 59.0 Å². The molecule has 6 nitrogen and oxygen atoms in total. The number of oxazole rings is 1. The van der Waals surface area contributed by atoms with E-state index in [0.29, 0.717) is 38.5 Å². The fourth-order valence-corrected chi connectivity index (χ4v) is 3.64. The van der Waals surface area contributed by atoms with E-state index in [-0.39, 0.29) is 10.7 Å². The summed E-state index contributed by atoms with van der Waals surface area (Å²) >= 11 is 17.4. The fourth-order valence-electron chi connectivity index (χ4n) is 3.10. The first-order chi connectivity index (χ1) is 15.3. The summed E-state index contributed by atoms with van der Waals surface area (Å²) in [6, 6.07) is 15.7. The van der Waals surface area contributed by atoms with Crippen molar-refractivity contribution in [2.75, 3.05) is 12.4 Å². The predicted molar refractivity (Wildman–Crippen MR) is 131 cm³/mol. The van der Waals surface area contributed by atoms with Gasteiger partial charge < -0.3 is 14.5 Å². The highest BCUT2D eigenvalue weighted by atomic mass is 35.5. The van der Waals surface area contributed by atoms with E-state index in [1.54, 1.807) is 30.3 Å². The van der Waals surface area contributed by atoms with Crippen molar-refractivity contribution in [3.8, 4) is 17.2 Å². The minimum Gasteiger partial charge on any atom is -0.496 e. The van der Waals surface area contributed by atoms with Crippen molar-refractivity contribution in [3.05, 3.63) is 75.8 Å². The summed E-state index contributed by atoms with van der Waals surface area (Å²) in [4.78, 5) is 17.2. The number of fused-ring (bicyclic) bond motifs is 1. The monoisotopic (exact) mass is 485 g/mol. The molecule has 0 aliphatic heterocycles. The quantitative estimate of drug-likeness (QED) is 0.333. The summed E-state index contributed by atoms with van der Waals surface area (Å²) in [6.07, 6.45) is 0. The Balaban J connectivity index is 1.54. The number of carbonyl (C=O) groups excluding carboxylic acids is 1. The molecule has 1 aromatic heterocycles. The van der Waals surface area contributed by atoms with Gasteiger partial charge in [0.05, 0.1) is 12.7 Å². The summed E-state index contributed by atoms with van der Waals surface area (Å²) in [5, 5.41) is 6.83. The highest BCUT2D eigenvalue weighted by Crippen LogP contribution is 2.29. The highest BCUT2D eigenvalue weighted by molar-refractivity contribution is 7.80. The van der Waals surface area contributed by atoms with E-state index < -0.39 is 5.91 Å². The van der Waals surface area contributed by atoms with Crippen molar-refractivity contribution in [1.29, 1.82) is 0 Å². The maximum atomic E-state index is 12.7. The standard InChI is InChI=1S/C23H17Cl2N3O3S/c1-12-3-4-13(22-26-18-11-15(25)6-8-20(18)31-22)9-17(12)27-23(32)28-21(29)16-10-14(24)5-7-19(16)30-2/h3-11H,1-2H3,(H2,27,28,29,32). The van der Waals surface area contributed by atoms with Crippen LogP contribution in [0.5, 0.6) is 5.75 Å². The van der Waals surface area contributed by atoms with E-state index in [4.69, 9.17) is 44.6 Å². The Kier molecular flexibility index (Phi) is 6.32. The number of nitrogens with zero attached hydrogens (tertiary/aromatic N) is 1. The molecule has 0 aliphatic rings. The summed E-state index contributed by atoms with van der Waals surface area (Å²) < 4.78 is 11.1. The van der Waals surface area contributed by atoms with Crippen LogP contribution in [-0.2, 0) is 0 Å². The van der Waals surface area contributed by atoms with E-state index in [1.165, 1.54) is 13.2 Å². The number of carbonyl (C=O) groups is 1. The number of aryl methyl sites for hydroxylation is 1. The topological polar surface area (TPSA) is 76.4 Å². The molecule has 4 rings (SSSR count). The molecule has 0 unspecified atom stereocenters. The third-order valence-electron chi connectivity index (χ3n) is 4.72. The lowest BCUT2D eigenvalue weighted by atomic mass is 10.1. The largest absolute Gasteiger partial charge is 0.496 e. The molecule has 0 spiro atoms. The Morgan fingerprint density at radius 1 is 1.06 bits per heavy atom. The number of methoxy groups -OCH3 is 1. The molecule has 2 N–H and O–H groups in total. The SMILES string of the molecule is COc1ccc(Cl)cc1C(=O)NC(=S)Nc1cc(-c2nc3cc(Cl)ccc3o2)ccc1C. The third kappa shape index (κ3) is 4.70. The number of nitrogens with one attached hydrogen (secondary N) is 2. The number of anilines is 1. The average molecular weight is 486 g/mol. The van der Waals surface area contributed by atoms with Crippen LogP contribution in [0.2, 0.25) is 10.0 Å². The van der Waals surface area contributed by atoms with Crippen LogP contribution in [0.25, 0.3) is 22.6 Å². The molecule has 32 heavy (non-hydrogen) atoms. The molecular formula is C23H17Cl2N3O3S. The maximum absolute atomic E-state index is 12.7. The number of halogens is 2. The van der Waals surface area contributed by atoms with E-state index in [0.717, 1.165) is 11.1 Å². The molecule has 0 fully saturated rings. The van der Waals surface area contributed by atoms with Gasteiger partial charge in [0.15, 0.2) is 10.7 Å². The second kappa shape index (κ2) is 9.16. The van der Waals surface area contributed by atoms with Crippen molar-refractivity contribution < 1.29 is 13.9 Å². The molecule has 0 atom stereocenters. The molecule has 3 aromatic carbocycles. The first-order valence-electron chi connectivity index (χ1n) is 9.47. The van der Waals surface area contributed by atoms with Gasteiger partial charge in [-0.05, 0) is 73.2 Å². The van der Waals surface area contributed by atoms with E-state index >= 15 is 0 Å². The van der Waals surface area contributed by atoms with Crippen LogP contribution in [-0.4, -0.2) is 23.1 Å². The zero-order valence-corrected chi connectivity index (χ0v) is 19.4. The molecule has 1 amide bonds. The molecule has 162 valence electrons. The lowest BCUT2D eigenvalue weighted by Crippen LogP contribution is -2.34. The Morgan fingerprint density at radius 3 is 2.59 bits per heavy atom. The molecule has 1 heterocycles. The van der Waals surface area contributed by atoms with Gasteiger partial charge in [-0.15, -0.1) is 0 Å². The van der Waals surface area contributed by atoms with Crippen LogP contribution >= 0.6 is 35.4 Å². The van der Waals surface area contributed by atoms with Gasteiger partial charge in [0.25, 0.3) is 5.91 Å². The maximum Gasteiger partial charge on any atom is 0.261 e. The zero-order chi connectivity index (χ0) is 22.8. The van der Waals surface area contributed by atoms with Crippen molar-refractivity contribution in [1.82, 2.24) is 10.3 Å². The van der Waals surface area contributed by atoms with Gasteiger partial charge in [-0.25, -0.2) is 4.98 Å². The van der Waals surface area contributed by atoms with E-state index in [9.17, 15) is 4.79 Å². The minimum atomic E-state index is -0.438. The normalized spacial score (nSPS) is 10.8. The molecule has 0 aliphatic carbocycles. The summed E-state index contributed by atoms with van der Waals surface area (Å²) in [5.41, 5.74) is 3.95. The number of ether oxygens (including phenoxy) is 1. The molecular weight excluding hydrogens is 469 g/mol. The average Bonchev–Trinajstić information content (AvgIpc) is 3.18. The van der Waals surface area contributed by atoms with Crippen LogP contribution in [0, 0.1) is 6.92 Å². The van der Waals surface area contributed by atoms with Crippen LogP contribution in [0.3, 0.4) is 0 Å². The lowest BCUT2D eigenvalue weighted by molar-refractivity contribution is 0.0975. The van der Waals surface area contributed by atoms with Gasteiger partial charge in [0, 0.05) is 21.3 Å². The highest BCUT2D eigenvalue weighted by Gasteiger charge is 2.16. The number of aromatic nitrogens is 1. The first-order valence-corrected chi connectivity index (χ1v) is 10.6. The summed E-state index contributed by atoms with van der Waals surface area (Å²) in [6.45, 7) is 1.92. The number of hydrogen-bond acceptors (Lipinski definition) is 5. The van der Waals surface area contributed by atoms with Crippen LogP contribution in [0.4, 0.5) is 5.69 Å². The number of hydrogen-bond donors (Lipinski definition) is 2. The summed E-state index contributed by atoms with van der Waals surface area (Å²) in [5.74, 6) is 0.402. The van der Waals surface area contributed by atoms with Gasteiger partial charge in [0.1, 0.15) is 11.3 Å². The molecule has 9 heteroatoms. The van der Waals surface area contributed by atoms with Gasteiger partial charge >= 0.3 is 0 Å². The molecule has 0 saturated carbocycles. The number of thiocarbonyl (C=S) groups is 1. The Hall–Kier alpha value is -3.13.